The number of aliphatic hydroxyl groups excluding tert-OH is 5. The second-order valence-electron chi connectivity index (χ2n) is 22.2. The van der Waals surface area contributed by atoms with Crippen LogP contribution in [0.4, 0.5) is 0 Å². The fourth-order valence-electron chi connectivity index (χ4n) is 9.64. The van der Waals surface area contributed by atoms with Crippen molar-refractivity contribution in [3.8, 4) is 0 Å². The Kier molecular flexibility index (Phi) is 54.8. The van der Waals surface area contributed by atoms with Gasteiger partial charge in [0.05, 0.1) is 25.4 Å². The van der Waals surface area contributed by atoms with E-state index in [2.05, 4.69) is 129 Å². The zero-order chi connectivity index (χ0) is 57.9. The fraction of sp³-hybridized carbons (Fsp3) is 0.704. The van der Waals surface area contributed by atoms with Crippen molar-refractivity contribution in [2.24, 2.45) is 0 Å². The third-order valence-corrected chi connectivity index (χ3v) is 14.7. The van der Waals surface area contributed by atoms with Crippen molar-refractivity contribution in [3.63, 3.8) is 0 Å². The minimum atomic E-state index is -1.59. The number of nitrogens with one attached hydrogen (secondary N) is 1. The lowest BCUT2D eigenvalue weighted by Crippen LogP contribution is -2.60. The monoisotopic (exact) mass is 1120 g/mol. The summed E-state index contributed by atoms with van der Waals surface area (Å²) in [5.41, 5.74) is 0. The number of allylic oxidation sites excluding steroid dienone is 19. The average Bonchev–Trinajstić information content (AvgIpc) is 3.46. The van der Waals surface area contributed by atoms with Crippen LogP contribution in [0.2, 0.25) is 0 Å². The van der Waals surface area contributed by atoms with Gasteiger partial charge in [-0.15, -0.1) is 0 Å². The fourth-order valence-corrected chi connectivity index (χ4v) is 9.64. The number of rotatable bonds is 55. The Morgan fingerprint density at radius 2 is 0.787 bits per heavy atom. The van der Waals surface area contributed by atoms with E-state index in [1.54, 1.807) is 6.08 Å². The van der Waals surface area contributed by atoms with Gasteiger partial charge in [0.25, 0.3) is 0 Å². The molecule has 7 atom stereocenters. The van der Waals surface area contributed by atoms with Crippen LogP contribution in [-0.4, -0.2) is 87.5 Å². The molecule has 9 nitrogen and oxygen atoms in total. The van der Waals surface area contributed by atoms with E-state index in [1.165, 1.54) is 128 Å². The lowest BCUT2D eigenvalue weighted by atomic mass is 9.99. The van der Waals surface area contributed by atoms with Gasteiger partial charge in [0.2, 0.25) is 5.91 Å². The van der Waals surface area contributed by atoms with Gasteiger partial charge >= 0.3 is 0 Å². The number of carbonyl (C=O) groups excluding carboxylic acids is 1. The van der Waals surface area contributed by atoms with Crippen LogP contribution in [0, 0.1) is 0 Å². The first-order valence-corrected chi connectivity index (χ1v) is 32.8. The minimum Gasteiger partial charge on any atom is -0.394 e. The molecule has 1 saturated heterocycles. The third-order valence-electron chi connectivity index (χ3n) is 14.7. The van der Waals surface area contributed by atoms with Gasteiger partial charge in [-0.05, 0) is 103 Å². The molecule has 1 fully saturated rings. The van der Waals surface area contributed by atoms with Crippen molar-refractivity contribution in [1.82, 2.24) is 5.32 Å². The molecular weight excluding hydrogens is 995 g/mol. The molecule has 7 unspecified atom stereocenters. The highest BCUT2D eigenvalue weighted by Gasteiger charge is 2.44. The highest BCUT2D eigenvalue weighted by atomic mass is 16.7. The van der Waals surface area contributed by atoms with Crippen LogP contribution in [0.15, 0.2) is 122 Å². The summed E-state index contributed by atoms with van der Waals surface area (Å²) in [5, 5.41) is 54.6. The molecule has 9 heteroatoms. The number of ether oxygens (including phenoxy) is 2. The summed E-state index contributed by atoms with van der Waals surface area (Å²) >= 11 is 0. The molecule has 0 saturated carbocycles. The standard InChI is InChI=1S/C71H121NO8/c1-3-5-7-9-11-13-15-17-19-21-23-25-27-29-31-32-33-35-36-38-40-42-44-46-48-50-52-54-56-58-60-65(74)64(63-79-71-70(78)69(77)68(76)66(62-73)80-71)72-67(75)61-59-57-55-53-51-49-47-45-43-41-39-37-34-30-28-26-24-22-20-18-16-14-12-10-8-6-4-2/h6,8,12,14,18,20,24,26,30,34,39,41-42,44-45,47,50,52,58,60,64-66,68-71,73-74,76-78H,3-5,7,9-11,13,15-17,19,21-23,25,27-29,31-33,35-38,40,43,46,48-49,51,53-57,59,61-63H2,1-2H3,(H,72,75)/b8-6-,14-12-,20-18-,26-24-,34-30-,41-39-,44-42+,47-45-,52-50+,60-58+. The Morgan fingerprint density at radius 1 is 0.438 bits per heavy atom. The SMILES string of the molecule is CC/C=C\C/C=C\C/C=C\C/C=C\C/C=C\C/C=C\C/C=C\CCCCCCCC(=O)NC(COC1OC(CO)C(O)C(O)C1O)C(O)/C=C/CC/C=C/CC/C=C/CCCCCCCCCCCCCCCCCCCCCC. The number of amides is 1. The maximum Gasteiger partial charge on any atom is 0.220 e. The molecule has 80 heavy (non-hydrogen) atoms. The largest absolute Gasteiger partial charge is 0.394 e. The second kappa shape index (κ2) is 58.8. The topological polar surface area (TPSA) is 149 Å². The molecular formula is C71H121NO8. The van der Waals surface area contributed by atoms with E-state index in [0.717, 1.165) is 116 Å². The average molecular weight is 1120 g/mol. The van der Waals surface area contributed by atoms with E-state index >= 15 is 0 Å². The van der Waals surface area contributed by atoms with E-state index in [4.69, 9.17) is 9.47 Å². The van der Waals surface area contributed by atoms with Gasteiger partial charge in [-0.2, -0.15) is 0 Å². The van der Waals surface area contributed by atoms with Gasteiger partial charge < -0.3 is 40.3 Å². The molecule has 0 aromatic carbocycles. The first-order chi connectivity index (χ1) is 39.3. The van der Waals surface area contributed by atoms with Gasteiger partial charge in [0, 0.05) is 6.42 Å². The number of unbranched alkanes of at least 4 members (excludes halogenated alkanes) is 27. The van der Waals surface area contributed by atoms with Crippen LogP contribution in [-0.2, 0) is 14.3 Å². The molecule has 1 rings (SSSR count). The summed E-state index contributed by atoms with van der Waals surface area (Å²) in [6.45, 7) is 3.64. The highest BCUT2D eigenvalue weighted by molar-refractivity contribution is 5.76. The summed E-state index contributed by atoms with van der Waals surface area (Å²) in [4.78, 5) is 13.1. The maximum atomic E-state index is 13.1. The molecule has 0 aromatic heterocycles. The molecule has 458 valence electrons. The van der Waals surface area contributed by atoms with Crippen LogP contribution in [0.5, 0.6) is 0 Å². The third kappa shape index (κ3) is 47.1. The van der Waals surface area contributed by atoms with Crippen molar-refractivity contribution in [2.45, 2.75) is 307 Å². The Labute approximate surface area is 490 Å². The number of hydrogen-bond donors (Lipinski definition) is 6. The molecule has 6 N–H and O–H groups in total. The smallest absolute Gasteiger partial charge is 0.220 e. The van der Waals surface area contributed by atoms with E-state index in [0.29, 0.717) is 6.42 Å². The lowest BCUT2D eigenvalue weighted by Gasteiger charge is -2.40. The molecule has 1 heterocycles. The number of hydrogen-bond acceptors (Lipinski definition) is 8. The van der Waals surface area contributed by atoms with E-state index in [-0.39, 0.29) is 12.5 Å². The normalized spacial score (nSPS) is 19.3. The summed E-state index contributed by atoms with van der Waals surface area (Å²) < 4.78 is 11.3. The first-order valence-electron chi connectivity index (χ1n) is 32.8. The summed E-state index contributed by atoms with van der Waals surface area (Å²) in [6.07, 6.45) is 81.4. The summed E-state index contributed by atoms with van der Waals surface area (Å²) in [5.74, 6) is -0.213. The predicted octanol–water partition coefficient (Wildman–Crippen LogP) is 17.5. The lowest BCUT2D eigenvalue weighted by molar-refractivity contribution is -0.302. The molecule has 0 spiro atoms. The summed E-state index contributed by atoms with van der Waals surface area (Å²) in [6, 6.07) is -0.850. The Bertz CT molecular complexity index is 1670. The van der Waals surface area contributed by atoms with E-state index in [9.17, 15) is 30.3 Å². The molecule has 0 bridgehead atoms. The van der Waals surface area contributed by atoms with Crippen LogP contribution in [0.25, 0.3) is 0 Å². The van der Waals surface area contributed by atoms with Crippen molar-refractivity contribution in [2.75, 3.05) is 13.2 Å². The summed E-state index contributed by atoms with van der Waals surface area (Å²) in [7, 11) is 0. The van der Waals surface area contributed by atoms with Gasteiger partial charge in [-0.25, -0.2) is 0 Å². The second-order valence-corrected chi connectivity index (χ2v) is 22.2. The molecule has 1 aliphatic heterocycles. The van der Waals surface area contributed by atoms with Gasteiger partial charge in [-0.1, -0.05) is 277 Å². The molecule has 0 aromatic rings. The Balaban J connectivity index is 2.25. The van der Waals surface area contributed by atoms with Gasteiger partial charge in [0.1, 0.15) is 24.4 Å². The number of aliphatic hydroxyl groups is 5. The maximum absolute atomic E-state index is 13.1. The van der Waals surface area contributed by atoms with Crippen LogP contribution >= 0.6 is 0 Å². The van der Waals surface area contributed by atoms with Crippen molar-refractivity contribution < 1.29 is 39.8 Å². The van der Waals surface area contributed by atoms with Crippen LogP contribution in [0.1, 0.15) is 264 Å². The molecule has 1 aliphatic rings. The predicted molar refractivity (Wildman–Crippen MR) is 340 cm³/mol. The van der Waals surface area contributed by atoms with Gasteiger partial charge in [-0.3, -0.25) is 4.79 Å². The molecule has 0 radical (unpaired) electrons. The quantitative estimate of drug-likeness (QED) is 0.0261. The van der Waals surface area contributed by atoms with Crippen molar-refractivity contribution in [1.29, 1.82) is 0 Å². The van der Waals surface area contributed by atoms with Crippen molar-refractivity contribution >= 4 is 5.91 Å². The van der Waals surface area contributed by atoms with Crippen molar-refractivity contribution in [3.05, 3.63) is 122 Å². The highest BCUT2D eigenvalue weighted by Crippen LogP contribution is 2.23. The molecule has 1 amide bonds. The van der Waals surface area contributed by atoms with E-state index in [1.807, 2.05) is 6.08 Å². The minimum absolute atomic E-state index is 0.213. The molecule has 0 aliphatic carbocycles. The first kappa shape index (κ1) is 74.6. The van der Waals surface area contributed by atoms with Crippen LogP contribution in [0.3, 0.4) is 0 Å². The Hall–Kier alpha value is -3.41. The number of carbonyl (C=O) groups is 1. The van der Waals surface area contributed by atoms with Crippen LogP contribution < -0.4 is 5.32 Å². The zero-order valence-corrected chi connectivity index (χ0v) is 51.0. The van der Waals surface area contributed by atoms with Gasteiger partial charge in [0.15, 0.2) is 6.29 Å². The zero-order valence-electron chi connectivity index (χ0n) is 51.0. The van der Waals surface area contributed by atoms with E-state index < -0.39 is 49.5 Å². The Morgan fingerprint density at radius 3 is 1.20 bits per heavy atom.